The molecule has 0 unspecified atom stereocenters. The second-order valence-corrected chi connectivity index (χ2v) is 17.0. The van der Waals surface area contributed by atoms with Crippen LogP contribution in [0.25, 0.3) is 22.3 Å². The first-order valence-electron chi connectivity index (χ1n) is 13.4. The van der Waals surface area contributed by atoms with Gasteiger partial charge >= 0.3 is 80.4 Å². The summed E-state index contributed by atoms with van der Waals surface area (Å²) in [5, 5.41) is 0. The molecule has 0 atom stereocenters. The molecule has 4 heteroatoms. The van der Waals surface area contributed by atoms with Gasteiger partial charge in [-0.1, -0.05) is 70.8 Å². The first kappa shape index (κ1) is 32.8. The molecule has 0 bridgehead atoms. The molecule has 2 aliphatic rings. The summed E-state index contributed by atoms with van der Waals surface area (Å²) in [5.74, 6) is 0. The summed E-state index contributed by atoms with van der Waals surface area (Å²) in [7, 11) is 0. The quantitative estimate of drug-likeness (QED) is 0.195. The molecule has 0 fully saturated rings. The van der Waals surface area contributed by atoms with Gasteiger partial charge in [-0.05, 0) is 12.8 Å². The van der Waals surface area contributed by atoms with Crippen molar-refractivity contribution in [3.63, 3.8) is 0 Å². The van der Waals surface area contributed by atoms with Crippen LogP contribution in [-0.4, -0.2) is 5.43 Å². The SMILES string of the molecule is CCCC[Si](=[Zr+2])CCCC.[Cl-].[Cl-].[c-]1cccc2c1Cc1ccccc1-2.[c-]1cccc2c1Cc1ccccc1-2. The van der Waals surface area contributed by atoms with Crippen molar-refractivity contribution >= 4 is 5.43 Å². The fourth-order valence-corrected chi connectivity index (χ4v) is 9.32. The molecule has 4 aromatic carbocycles. The maximum atomic E-state index is 3.30. The minimum absolute atomic E-state index is 0. The van der Waals surface area contributed by atoms with Gasteiger partial charge in [-0.2, -0.15) is 59.7 Å². The monoisotopic (exact) mass is 632 g/mol. The minimum atomic E-state index is 0. The van der Waals surface area contributed by atoms with Gasteiger partial charge < -0.3 is 24.8 Å². The standard InChI is InChI=1S/2C13H9.C8H18Si.2ClH.Zr/c2*1-3-7-12-10(5-1)9-11-6-2-4-8-13(11)12;1-3-5-7-9-8-6-4-2;;;/h2*1-5,7-8H,9H2;3-8H2,1-2H3;2*1H;/q2*-1;;;;+2/p-2. The molecule has 0 aromatic heterocycles. The van der Waals surface area contributed by atoms with Gasteiger partial charge in [-0.3, -0.25) is 0 Å². The molecule has 0 nitrogen and oxygen atoms in total. The molecule has 6 rings (SSSR count). The van der Waals surface area contributed by atoms with Crippen molar-refractivity contribution < 1.29 is 48.1 Å². The number of rotatable bonds is 6. The van der Waals surface area contributed by atoms with Gasteiger partial charge in [0.2, 0.25) is 0 Å². The molecule has 0 heterocycles. The smallest absolute Gasteiger partial charge is 0.0253 e. The van der Waals surface area contributed by atoms with E-state index in [0.717, 1.165) is 12.8 Å². The Morgan fingerprint density at radius 1 is 0.605 bits per heavy atom. The van der Waals surface area contributed by atoms with E-state index in [9.17, 15) is 0 Å². The first-order chi connectivity index (χ1) is 17.7. The molecule has 0 N–H and O–H groups in total. The number of fused-ring (bicyclic) bond motifs is 6. The van der Waals surface area contributed by atoms with E-state index in [2.05, 4.69) is 98.8 Å². The zero-order valence-corrected chi connectivity index (χ0v) is 27.5. The van der Waals surface area contributed by atoms with Crippen LogP contribution in [0.1, 0.15) is 61.8 Å². The molecule has 0 amide bonds. The van der Waals surface area contributed by atoms with Crippen LogP contribution in [0.15, 0.2) is 84.9 Å². The van der Waals surface area contributed by atoms with Crippen molar-refractivity contribution in [3.05, 3.63) is 119 Å². The maximum Gasteiger partial charge on any atom is -0.0253 e. The fraction of sp³-hybridized carbons (Fsp3) is 0.294. The van der Waals surface area contributed by atoms with Gasteiger partial charge in [0.25, 0.3) is 0 Å². The van der Waals surface area contributed by atoms with Crippen LogP contribution in [0.2, 0.25) is 12.1 Å². The Morgan fingerprint density at radius 3 is 1.42 bits per heavy atom. The van der Waals surface area contributed by atoms with Crippen LogP contribution in [0.5, 0.6) is 0 Å². The zero-order valence-electron chi connectivity index (χ0n) is 22.5. The predicted molar refractivity (Wildman–Crippen MR) is 152 cm³/mol. The van der Waals surface area contributed by atoms with E-state index in [1.54, 1.807) is 12.1 Å². The Bertz CT molecular complexity index is 1110. The molecule has 0 radical (unpaired) electrons. The molecule has 0 spiro atoms. The van der Waals surface area contributed by atoms with E-state index in [4.69, 9.17) is 0 Å². The third-order valence-electron chi connectivity index (χ3n) is 6.90. The van der Waals surface area contributed by atoms with Gasteiger partial charge in [-0.15, -0.1) is 11.1 Å². The minimum Gasteiger partial charge on any atom is -1.00 e. The van der Waals surface area contributed by atoms with E-state index >= 15 is 0 Å². The van der Waals surface area contributed by atoms with Crippen molar-refractivity contribution in [2.24, 2.45) is 0 Å². The van der Waals surface area contributed by atoms with Crippen molar-refractivity contribution in [2.45, 2.75) is 64.5 Å². The average molecular weight is 635 g/mol. The normalized spacial score (nSPS) is 11.1. The van der Waals surface area contributed by atoms with E-state index in [1.165, 1.54) is 70.2 Å². The molecule has 2 aliphatic carbocycles. The zero-order chi connectivity index (χ0) is 25.2. The van der Waals surface area contributed by atoms with Crippen molar-refractivity contribution in [3.8, 4) is 22.3 Å². The van der Waals surface area contributed by atoms with E-state index < -0.39 is 0 Å². The Kier molecular flexibility index (Phi) is 14.9. The second-order valence-electron chi connectivity index (χ2n) is 9.60. The summed E-state index contributed by atoms with van der Waals surface area (Å²) in [5.41, 5.74) is 11.2. The first-order valence-corrected chi connectivity index (χ1v) is 19.0. The predicted octanol–water partition coefficient (Wildman–Crippen LogP) is 3.25. The van der Waals surface area contributed by atoms with Crippen LogP contribution in [0, 0.1) is 12.1 Å². The number of benzene rings is 4. The number of halogens is 2. The fourth-order valence-electron chi connectivity index (χ4n) is 4.90. The molecule has 4 aromatic rings. The van der Waals surface area contributed by atoms with Gasteiger partial charge in [0, 0.05) is 0 Å². The summed E-state index contributed by atoms with van der Waals surface area (Å²) < 4.78 is 0. The maximum absolute atomic E-state index is 3.30. The third-order valence-corrected chi connectivity index (χ3v) is 12.5. The second kappa shape index (κ2) is 17.3. The Morgan fingerprint density at radius 2 is 1.00 bits per heavy atom. The van der Waals surface area contributed by atoms with Crippen molar-refractivity contribution in [1.82, 2.24) is 0 Å². The van der Waals surface area contributed by atoms with Crippen LogP contribution in [0.4, 0.5) is 0 Å². The summed E-state index contributed by atoms with van der Waals surface area (Å²) >= 11 is 1.86. The molecular weight excluding hydrogens is 599 g/mol. The Labute approximate surface area is 257 Å². The third kappa shape index (κ3) is 8.79. The molecule has 0 saturated carbocycles. The molecular formula is C34H36Cl2SiZr-2. The van der Waals surface area contributed by atoms with Gasteiger partial charge in [-0.25, -0.2) is 0 Å². The van der Waals surface area contributed by atoms with E-state index in [0.29, 0.717) is 0 Å². The van der Waals surface area contributed by atoms with E-state index in [-0.39, 0.29) is 30.2 Å². The van der Waals surface area contributed by atoms with Gasteiger partial charge in [0.1, 0.15) is 0 Å². The van der Waals surface area contributed by atoms with Crippen LogP contribution >= 0.6 is 0 Å². The van der Waals surface area contributed by atoms with Crippen LogP contribution in [0.3, 0.4) is 0 Å². The molecule has 196 valence electrons. The number of hydrogen-bond acceptors (Lipinski definition) is 0. The van der Waals surface area contributed by atoms with Crippen LogP contribution in [-0.2, 0) is 36.2 Å². The summed E-state index contributed by atoms with van der Waals surface area (Å²) in [6.45, 7) is 4.59. The largest absolute Gasteiger partial charge is 1.00 e. The molecule has 0 saturated heterocycles. The number of hydrogen-bond donors (Lipinski definition) is 0. The van der Waals surface area contributed by atoms with Crippen molar-refractivity contribution in [2.75, 3.05) is 0 Å². The Balaban J connectivity index is 0.000000198. The Hall–Kier alpha value is -1.44. The topological polar surface area (TPSA) is 0 Å². The summed E-state index contributed by atoms with van der Waals surface area (Å²) in [6.07, 6.45) is 7.87. The average Bonchev–Trinajstić information content (AvgIpc) is 3.50. The summed E-state index contributed by atoms with van der Waals surface area (Å²) in [6, 6.07) is 39.4. The molecule has 38 heavy (non-hydrogen) atoms. The van der Waals surface area contributed by atoms with Gasteiger partial charge in [0.15, 0.2) is 0 Å². The summed E-state index contributed by atoms with van der Waals surface area (Å²) in [4.78, 5) is 0. The van der Waals surface area contributed by atoms with E-state index in [1.807, 2.05) is 35.5 Å². The van der Waals surface area contributed by atoms with Gasteiger partial charge in [0.05, 0.1) is 0 Å². The number of unbranched alkanes of at least 4 members (excludes halogenated alkanes) is 2. The van der Waals surface area contributed by atoms with Crippen molar-refractivity contribution in [1.29, 1.82) is 0 Å². The van der Waals surface area contributed by atoms with Crippen LogP contribution < -0.4 is 24.8 Å². The molecule has 0 aliphatic heterocycles.